The normalized spacial score (nSPS) is 10.2. The van der Waals surface area contributed by atoms with Crippen LogP contribution < -0.4 is 10.1 Å². The number of amides is 1. The first-order valence-electron chi connectivity index (χ1n) is 6.85. The van der Waals surface area contributed by atoms with E-state index in [-0.39, 0.29) is 5.91 Å². The molecule has 2 aromatic rings. The van der Waals surface area contributed by atoms with Crippen molar-refractivity contribution in [3.8, 4) is 5.75 Å². The van der Waals surface area contributed by atoms with E-state index in [9.17, 15) is 4.79 Å². The zero-order valence-electron chi connectivity index (χ0n) is 12.3. The number of nitrogens with one attached hydrogen (secondary N) is 1. The van der Waals surface area contributed by atoms with Crippen molar-refractivity contribution < 1.29 is 14.3 Å². The van der Waals surface area contributed by atoms with Gasteiger partial charge in [-0.3, -0.25) is 4.79 Å². The monoisotopic (exact) mass is 285 g/mol. The largest absolute Gasteiger partial charge is 0.494 e. The first-order chi connectivity index (χ1) is 10.2. The molecule has 0 saturated carbocycles. The molecule has 4 heteroatoms. The molecule has 0 bridgehead atoms. The van der Waals surface area contributed by atoms with Crippen LogP contribution in [0.15, 0.2) is 48.5 Å². The Morgan fingerprint density at radius 1 is 1.14 bits per heavy atom. The zero-order chi connectivity index (χ0) is 15.1. The average Bonchev–Trinajstić information content (AvgIpc) is 2.50. The molecule has 0 aliphatic carbocycles. The van der Waals surface area contributed by atoms with Crippen LogP contribution in [0.3, 0.4) is 0 Å². The molecule has 0 aromatic heterocycles. The van der Waals surface area contributed by atoms with Gasteiger partial charge in [0.1, 0.15) is 5.75 Å². The van der Waals surface area contributed by atoms with E-state index in [0.29, 0.717) is 18.8 Å². The molecule has 0 spiro atoms. The quantitative estimate of drug-likeness (QED) is 0.884. The minimum atomic E-state index is -0.142. The van der Waals surface area contributed by atoms with Gasteiger partial charge in [0.05, 0.1) is 13.2 Å². The lowest BCUT2D eigenvalue weighted by Gasteiger charge is -2.08. The SMILES string of the molecule is CCOc1ccc(NC(=O)c2cccc(COC)c2)cc1. The van der Waals surface area contributed by atoms with Gasteiger partial charge >= 0.3 is 0 Å². The first-order valence-corrected chi connectivity index (χ1v) is 6.85. The van der Waals surface area contributed by atoms with Crippen molar-refractivity contribution in [1.29, 1.82) is 0 Å². The molecule has 0 atom stereocenters. The molecule has 0 aliphatic heterocycles. The number of anilines is 1. The molecular weight excluding hydrogens is 266 g/mol. The summed E-state index contributed by atoms with van der Waals surface area (Å²) in [6, 6.07) is 14.7. The molecular formula is C17H19NO3. The Morgan fingerprint density at radius 3 is 2.57 bits per heavy atom. The number of rotatable bonds is 6. The fraction of sp³-hybridized carbons (Fsp3) is 0.235. The summed E-state index contributed by atoms with van der Waals surface area (Å²) in [5.41, 5.74) is 2.32. The predicted octanol–water partition coefficient (Wildman–Crippen LogP) is 3.48. The summed E-state index contributed by atoms with van der Waals surface area (Å²) >= 11 is 0. The summed E-state index contributed by atoms with van der Waals surface area (Å²) in [5, 5.41) is 2.86. The lowest BCUT2D eigenvalue weighted by molar-refractivity contribution is 0.102. The average molecular weight is 285 g/mol. The van der Waals surface area contributed by atoms with E-state index >= 15 is 0 Å². The van der Waals surface area contributed by atoms with Crippen molar-refractivity contribution in [2.24, 2.45) is 0 Å². The molecule has 1 amide bonds. The van der Waals surface area contributed by atoms with Crippen molar-refractivity contribution >= 4 is 11.6 Å². The third kappa shape index (κ3) is 4.33. The second kappa shape index (κ2) is 7.45. The van der Waals surface area contributed by atoms with Crippen molar-refractivity contribution in [3.63, 3.8) is 0 Å². The van der Waals surface area contributed by atoms with E-state index in [2.05, 4.69) is 5.32 Å². The van der Waals surface area contributed by atoms with Crippen LogP contribution in [0.25, 0.3) is 0 Å². The molecule has 2 aromatic carbocycles. The summed E-state index contributed by atoms with van der Waals surface area (Å²) in [6.45, 7) is 3.05. The van der Waals surface area contributed by atoms with Gasteiger partial charge in [0.25, 0.3) is 5.91 Å². The Kier molecular flexibility index (Phi) is 5.35. The Bertz CT molecular complexity index is 593. The molecule has 0 fully saturated rings. The topological polar surface area (TPSA) is 47.6 Å². The zero-order valence-corrected chi connectivity index (χ0v) is 12.3. The van der Waals surface area contributed by atoms with Gasteiger partial charge in [-0.2, -0.15) is 0 Å². The predicted molar refractivity (Wildman–Crippen MR) is 82.7 cm³/mol. The summed E-state index contributed by atoms with van der Waals surface area (Å²) in [4.78, 5) is 12.2. The van der Waals surface area contributed by atoms with E-state index in [1.54, 1.807) is 13.2 Å². The minimum absolute atomic E-state index is 0.142. The fourth-order valence-electron chi connectivity index (χ4n) is 1.97. The Balaban J connectivity index is 2.05. The van der Waals surface area contributed by atoms with Crippen LogP contribution in [0.5, 0.6) is 5.75 Å². The smallest absolute Gasteiger partial charge is 0.255 e. The van der Waals surface area contributed by atoms with E-state index in [4.69, 9.17) is 9.47 Å². The lowest BCUT2D eigenvalue weighted by atomic mass is 10.1. The highest BCUT2D eigenvalue weighted by Crippen LogP contribution is 2.17. The summed E-state index contributed by atoms with van der Waals surface area (Å²) in [6.07, 6.45) is 0. The summed E-state index contributed by atoms with van der Waals surface area (Å²) in [7, 11) is 1.63. The second-order valence-corrected chi connectivity index (χ2v) is 4.54. The van der Waals surface area contributed by atoms with Crippen LogP contribution in [-0.4, -0.2) is 19.6 Å². The van der Waals surface area contributed by atoms with Crippen molar-refractivity contribution in [2.75, 3.05) is 19.0 Å². The maximum absolute atomic E-state index is 12.2. The fourth-order valence-corrected chi connectivity index (χ4v) is 1.97. The minimum Gasteiger partial charge on any atom is -0.494 e. The standard InChI is InChI=1S/C17H19NO3/c1-3-21-16-9-7-15(8-10-16)18-17(19)14-6-4-5-13(11-14)12-20-2/h4-11H,3,12H2,1-2H3,(H,18,19). The van der Waals surface area contributed by atoms with Crippen LogP contribution in [0, 0.1) is 0 Å². The van der Waals surface area contributed by atoms with Crippen molar-refractivity contribution in [1.82, 2.24) is 0 Å². The second-order valence-electron chi connectivity index (χ2n) is 4.54. The number of ether oxygens (including phenoxy) is 2. The Morgan fingerprint density at radius 2 is 1.90 bits per heavy atom. The maximum Gasteiger partial charge on any atom is 0.255 e. The highest BCUT2D eigenvalue weighted by Gasteiger charge is 2.07. The highest BCUT2D eigenvalue weighted by molar-refractivity contribution is 6.04. The molecule has 21 heavy (non-hydrogen) atoms. The summed E-state index contributed by atoms with van der Waals surface area (Å²) in [5.74, 6) is 0.648. The van der Waals surface area contributed by atoms with Crippen molar-refractivity contribution in [3.05, 3.63) is 59.7 Å². The molecule has 0 unspecified atom stereocenters. The van der Waals surface area contributed by atoms with Gasteiger partial charge in [-0.25, -0.2) is 0 Å². The molecule has 2 rings (SSSR count). The van der Waals surface area contributed by atoms with E-state index in [1.807, 2.05) is 49.4 Å². The maximum atomic E-state index is 12.2. The van der Waals surface area contributed by atoms with Gasteiger partial charge in [-0.05, 0) is 48.9 Å². The number of methoxy groups -OCH3 is 1. The van der Waals surface area contributed by atoms with Gasteiger partial charge in [0.15, 0.2) is 0 Å². The van der Waals surface area contributed by atoms with Crippen LogP contribution in [0.1, 0.15) is 22.8 Å². The number of carbonyl (C=O) groups is 1. The van der Waals surface area contributed by atoms with Crippen LogP contribution >= 0.6 is 0 Å². The number of carbonyl (C=O) groups excluding carboxylic acids is 1. The van der Waals surface area contributed by atoms with E-state index in [1.165, 1.54) is 0 Å². The van der Waals surface area contributed by atoms with Gasteiger partial charge in [0, 0.05) is 18.4 Å². The molecule has 110 valence electrons. The molecule has 0 radical (unpaired) electrons. The van der Waals surface area contributed by atoms with Crippen molar-refractivity contribution in [2.45, 2.75) is 13.5 Å². The third-order valence-electron chi connectivity index (χ3n) is 2.92. The Hall–Kier alpha value is -2.33. The van der Waals surface area contributed by atoms with E-state index < -0.39 is 0 Å². The highest BCUT2D eigenvalue weighted by atomic mass is 16.5. The molecule has 4 nitrogen and oxygen atoms in total. The third-order valence-corrected chi connectivity index (χ3v) is 2.92. The molecule has 0 saturated heterocycles. The van der Waals surface area contributed by atoms with Gasteiger partial charge in [0.2, 0.25) is 0 Å². The van der Waals surface area contributed by atoms with Gasteiger partial charge in [-0.1, -0.05) is 12.1 Å². The van der Waals surface area contributed by atoms with Crippen LogP contribution in [0.2, 0.25) is 0 Å². The summed E-state index contributed by atoms with van der Waals surface area (Å²) < 4.78 is 10.4. The van der Waals surface area contributed by atoms with Gasteiger partial charge < -0.3 is 14.8 Å². The van der Waals surface area contributed by atoms with E-state index in [0.717, 1.165) is 17.0 Å². The van der Waals surface area contributed by atoms with Crippen LogP contribution in [0.4, 0.5) is 5.69 Å². The van der Waals surface area contributed by atoms with Gasteiger partial charge in [-0.15, -0.1) is 0 Å². The first kappa shape index (κ1) is 15.1. The molecule has 0 heterocycles. The number of benzene rings is 2. The lowest BCUT2D eigenvalue weighted by Crippen LogP contribution is -2.12. The Labute approximate surface area is 124 Å². The number of hydrogen-bond acceptors (Lipinski definition) is 3. The molecule has 1 N–H and O–H groups in total. The molecule has 0 aliphatic rings. The van der Waals surface area contributed by atoms with Crippen LogP contribution in [-0.2, 0) is 11.3 Å². The number of hydrogen-bond donors (Lipinski definition) is 1.